The van der Waals surface area contributed by atoms with Crippen molar-refractivity contribution in [3.8, 4) is 11.5 Å². The lowest BCUT2D eigenvalue weighted by Crippen LogP contribution is -2.35. The first-order valence-corrected chi connectivity index (χ1v) is 7.42. The molecule has 0 bridgehead atoms. The summed E-state index contributed by atoms with van der Waals surface area (Å²) in [7, 11) is 1.62. The summed E-state index contributed by atoms with van der Waals surface area (Å²) in [6, 6.07) is 5.43. The minimum atomic E-state index is -0.733. The lowest BCUT2D eigenvalue weighted by molar-refractivity contribution is -0.142. The van der Waals surface area contributed by atoms with E-state index in [1.165, 1.54) is 0 Å². The Kier molecular flexibility index (Phi) is 5.44. The summed E-state index contributed by atoms with van der Waals surface area (Å²) in [5.74, 6) is 0.704. The van der Waals surface area contributed by atoms with Crippen LogP contribution in [0.4, 0.5) is 0 Å². The fourth-order valence-electron chi connectivity index (χ4n) is 2.67. The number of hydrogen-bond donors (Lipinski definition) is 1. The van der Waals surface area contributed by atoms with Crippen LogP contribution in [0.5, 0.6) is 11.5 Å². The molecule has 0 amide bonds. The molecule has 0 saturated carbocycles. The number of methoxy groups -OCH3 is 1. The summed E-state index contributed by atoms with van der Waals surface area (Å²) >= 11 is 0. The van der Waals surface area contributed by atoms with Crippen molar-refractivity contribution in [2.45, 2.75) is 38.8 Å². The Morgan fingerprint density at radius 1 is 1.43 bits per heavy atom. The van der Waals surface area contributed by atoms with Gasteiger partial charge in [-0.2, -0.15) is 0 Å². The van der Waals surface area contributed by atoms with Gasteiger partial charge in [0.05, 0.1) is 13.7 Å². The van der Waals surface area contributed by atoms with Crippen LogP contribution < -0.4 is 9.47 Å². The molecule has 1 heterocycles. The van der Waals surface area contributed by atoms with Crippen molar-refractivity contribution in [2.75, 3.05) is 20.3 Å². The Hall–Kier alpha value is -1.75. The van der Waals surface area contributed by atoms with E-state index in [-0.39, 0.29) is 6.04 Å². The number of benzene rings is 1. The number of hydrogen-bond acceptors (Lipinski definition) is 4. The summed E-state index contributed by atoms with van der Waals surface area (Å²) in [6.45, 7) is 4.15. The van der Waals surface area contributed by atoms with Gasteiger partial charge in [0.25, 0.3) is 0 Å². The zero-order valence-electron chi connectivity index (χ0n) is 12.7. The van der Waals surface area contributed by atoms with Crippen LogP contribution in [0.15, 0.2) is 18.2 Å². The van der Waals surface area contributed by atoms with E-state index in [4.69, 9.17) is 9.47 Å². The maximum absolute atomic E-state index is 11.2. The van der Waals surface area contributed by atoms with Crippen LogP contribution in [0, 0.1) is 0 Å². The van der Waals surface area contributed by atoms with E-state index in [1.54, 1.807) is 7.11 Å². The number of nitrogens with zero attached hydrogens (tertiary/aromatic N) is 1. The lowest BCUT2D eigenvalue weighted by Gasteiger charge is -2.21. The molecule has 5 heteroatoms. The molecule has 21 heavy (non-hydrogen) atoms. The van der Waals surface area contributed by atoms with E-state index < -0.39 is 5.97 Å². The van der Waals surface area contributed by atoms with Crippen LogP contribution in [0.3, 0.4) is 0 Å². The standard InChI is InChI=1S/C16H23NO4/c1-3-9-21-15-10-12(6-7-14(15)20-2)11-17-8-4-5-13(17)16(18)19/h6-7,10,13H,3-5,8-9,11H2,1-2H3,(H,18,19). The first-order valence-electron chi connectivity index (χ1n) is 7.42. The van der Waals surface area contributed by atoms with Crippen molar-refractivity contribution in [1.29, 1.82) is 0 Å². The van der Waals surface area contributed by atoms with Crippen LogP contribution in [0.1, 0.15) is 31.7 Å². The Morgan fingerprint density at radius 3 is 2.90 bits per heavy atom. The lowest BCUT2D eigenvalue weighted by atomic mass is 10.1. The Morgan fingerprint density at radius 2 is 2.24 bits per heavy atom. The molecule has 2 rings (SSSR count). The predicted octanol–water partition coefficient (Wildman–Crippen LogP) is 2.53. The van der Waals surface area contributed by atoms with Crippen molar-refractivity contribution in [3.05, 3.63) is 23.8 Å². The van der Waals surface area contributed by atoms with E-state index in [2.05, 4.69) is 6.92 Å². The van der Waals surface area contributed by atoms with Crippen molar-refractivity contribution >= 4 is 5.97 Å². The second-order valence-electron chi connectivity index (χ2n) is 5.30. The Labute approximate surface area is 125 Å². The number of carboxylic acid groups (broad SMARTS) is 1. The first kappa shape index (κ1) is 15.6. The highest BCUT2D eigenvalue weighted by Gasteiger charge is 2.30. The van der Waals surface area contributed by atoms with Crippen molar-refractivity contribution < 1.29 is 19.4 Å². The average molecular weight is 293 g/mol. The Balaban J connectivity index is 2.11. The van der Waals surface area contributed by atoms with Gasteiger partial charge in [0.15, 0.2) is 11.5 Å². The number of carboxylic acids is 1. The quantitative estimate of drug-likeness (QED) is 0.837. The molecule has 1 aromatic rings. The molecule has 1 atom stereocenters. The number of ether oxygens (including phenoxy) is 2. The van der Waals surface area contributed by atoms with Gasteiger partial charge in [0.2, 0.25) is 0 Å². The molecule has 1 fully saturated rings. The van der Waals surface area contributed by atoms with Gasteiger partial charge in [0, 0.05) is 6.54 Å². The molecule has 116 valence electrons. The zero-order valence-corrected chi connectivity index (χ0v) is 12.7. The van der Waals surface area contributed by atoms with E-state index in [9.17, 15) is 9.90 Å². The molecule has 1 aliphatic heterocycles. The van der Waals surface area contributed by atoms with Crippen molar-refractivity contribution in [1.82, 2.24) is 4.90 Å². The fraction of sp³-hybridized carbons (Fsp3) is 0.562. The zero-order chi connectivity index (χ0) is 15.2. The summed E-state index contributed by atoms with van der Waals surface area (Å²) in [5, 5.41) is 9.23. The van der Waals surface area contributed by atoms with Crippen LogP contribution in [0.25, 0.3) is 0 Å². The van der Waals surface area contributed by atoms with Gasteiger partial charge in [0.1, 0.15) is 6.04 Å². The molecule has 0 radical (unpaired) electrons. The molecule has 1 aromatic carbocycles. The normalized spacial score (nSPS) is 18.7. The largest absolute Gasteiger partial charge is 0.493 e. The number of rotatable bonds is 7. The van der Waals surface area contributed by atoms with Gasteiger partial charge in [-0.3, -0.25) is 9.69 Å². The van der Waals surface area contributed by atoms with Crippen LogP contribution in [0.2, 0.25) is 0 Å². The average Bonchev–Trinajstić information content (AvgIpc) is 2.93. The number of aliphatic carboxylic acids is 1. The SMILES string of the molecule is CCCOc1cc(CN2CCCC2C(=O)O)ccc1OC. The topological polar surface area (TPSA) is 59.0 Å². The fourth-order valence-corrected chi connectivity index (χ4v) is 2.67. The molecule has 1 aliphatic rings. The molecular formula is C16H23NO4. The van der Waals surface area contributed by atoms with Gasteiger partial charge >= 0.3 is 5.97 Å². The summed E-state index contributed by atoms with van der Waals surface area (Å²) in [6.07, 6.45) is 2.59. The Bertz CT molecular complexity index is 489. The van der Waals surface area contributed by atoms with Crippen LogP contribution in [-0.4, -0.2) is 42.3 Å². The number of carbonyl (C=O) groups is 1. The third-order valence-corrected chi connectivity index (χ3v) is 3.72. The van der Waals surface area contributed by atoms with Crippen molar-refractivity contribution in [2.24, 2.45) is 0 Å². The van der Waals surface area contributed by atoms with E-state index in [1.807, 2.05) is 23.1 Å². The van der Waals surface area contributed by atoms with E-state index >= 15 is 0 Å². The molecule has 1 unspecified atom stereocenters. The third-order valence-electron chi connectivity index (χ3n) is 3.72. The molecule has 1 N–H and O–H groups in total. The highest BCUT2D eigenvalue weighted by Crippen LogP contribution is 2.30. The second kappa shape index (κ2) is 7.31. The van der Waals surface area contributed by atoms with E-state index in [0.29, 0.717) is 18.9 Å². The van der Waals surface area contributed by atoms with Gasteiger partial charge in [-0.15, -0.1) is 0 Å². The maximum atomic E-state index is 11.2. The van der Waals surface area contributed by atoms with Crippen LogP contribution >= 0.6 is 0 Å². The molecular weight excluding hydrogens is 270 g/mol. The van der Waals surface area contributed by atoms with Gasteiger partial charge in [-0.05, 0) is 43.5 Å². The van der Waals surface area contributed by atoms with Crippen LogP contribution in [-0.2, 0) is 11.3 Å². The highest BCUT2D eigenvalue weighted by molar-refractivity contribution is 5.73. The highest BCUT2D eigenvalue weighted by atomic mass is 16.5. The second-order valence-corrected chi connectivity index (χ2v) is 5.30. The molecule has 0 spiro atoms. The first-order chi connectivity index (χ1) is 10.2. The van der Waals surface area contributed by atoms with Gasteiger partial charge < -0.3 is 14.6 Å². The molecule has 1 saturated heterocycles. The minimum Gasteiger partial charge on any atom is -0.493 e. The van der Waals surface area contributed by atoms with Gasteiger partial charge in [-0.25, -0.2) is 0 Å². The molecule has 0 aliphatic carbocycles. The smallest absolute Gasteiger partial charge is 0.320 e. The monoisotopic (exact) mass is 293 g/mol. The molecule has 5 nitrogen and oxygen atoms in total. The predicted molar refractivity (Wildman–Crippen MR) is 79.8 cm³/mol. The van der Waals surface area contributed by atoms with Gasteiger partial charge in [-0.1, -0.05) is 13.0 Å². The number of likely N-dealkylation sites (tertiary alicyclic amines) is 1. The summed E-state index contributed by atoms with van der Waals surface area (Å²) in [5.41, 5.74) is 1.05. The third kappa shape index (κ3) is 3.88. The molecule has 0 aromatic heterocycles. The summed E-state index contributed by atoms with van der Waals surface area (Å²) < 4.78 is 11.0. The van der Waals surface area contributed by atoms with E-state index in [0.717, 1.165) is 37.1 Å². The van der Waals surface area contributed by atoms with Crippen molar-refractivity contribution in [3.63, 3.8) is 0 Å². The summed E-state index contributed by atoms with van der Waals surface area (Å²) in [4.78, 5) is 13.2. The maximum Gasteiger partial charge on any atom is 0.320 e. The minimum absolute atomic E-state index is 0.368.